The van der Waals surface area contributed by atoms with Crippen LogP contribution < -0.4 is 14.8 Å². The third-order valence-corrected chi connectivity index (χ3v) is 3.17. The highest BCUT2D eigenvalue weighted by Gasteiger charge is 2.17. The minimum atomic E-state index is -0.153. The summed E-state index contributed by atoms with van der Waals surface area (Å²) in [6.45, 7) is 2.12. The van der Waals surface area contributed by atoms with Crippen molar-refractivity contribution in [2.45, 2.75) is 13.0 Å². The second-order valence-electron chi connectivity index (χ2n) is 4.55. The average Bonchev–Trinajstić information content (AvgIpc) is 2.95. The van der Waals surface area contributed by atoms with Gasteiger partial charge in [0.1, 0.15) is 0 Å². The molecule has 20 heavy (non-hydrogen) atoms. The van der Waals surface area contributed by atoms with E-state index < -0.39 is 0 Å². The molecule has 0 fully saturated rings. The first-order valence-corrected chi connectivity index (χ1v) is 6.34. The molecule has 1 aliphatic heterocycles. The monoisotopic (exact) mass is 270 g/mol. The Labute approximate surface area is 116 Å². The minimum Gasteiger partial charge on any atom is -0.454 e. The summed E-state index contributed by atoms with van der Waals surface area (Å²) in [5.41, 5.74) is 1.51. The van der Waals surface area contributed by atoms with Gasteiger partial charge < -0.3 is 14.8 Å². The fraction of sp³-hybridized carbons (Fsp3) is 0.200. The summed E-state index contributed by atoms with van der Waals surface area (Å²) in [5, 5.41) is 2.93. The van der Waals surface area contributed by atoms with E-state index in [1.54, 1.807) is 30.6 Å². The topological polar surface area (TPSA) is 60.5 Å². The molecule has 1 atom stereocenters. The number of aromatic nitrogens is 1. The van der Waals surface area contributed by atoms with Gasteiger partial charge in [-0.1, -0.05) is 6.07 Å². The maximum atomic E-state index is 12.2. The molecule has 0 saturated carbocycles. The number of hydrogen-bond acceptors (Lipinski definition) is 4. The molecule has 0 aliphatic carbocycles. The van der Waals surface area contributed by atoms with Crippen LogP contribution in [0.4, 0.5) is 0 Å². The number of hydrogen-bond donors (Lipinski definition) is 1. The van der Waals surface area contributed by atoms with Gasteiger partial charge in [-0.3, -0.25) is 9.78 Å². The SMILES string of the molecule is CC(NC(=O)c1ccc2c(c1)OCO2)c1cccnc1. The molecule has 5 heteroatoms. The summed E-state index contributed by atoms with van der Waals surface area (Å²) in [7, 11) is 0. The van der Waals surface area contributed by atoms with Crippen LogP contribution in [0.2, 0.25) is 0 Å². The molecular weight excluding hydrogens is 256 g/mol. The number of ether oxygens (including phenoxy) is 2. The molecule has 1 aromatic carbocycles. The lowest BCUT2D eigenvalue weighted by molar-refractivity contribution is 0.0939. The van der Waals surface area contributed by atoms with Crippen molar-refractivity contribution in [1.29, 1.82) is 0 Å². The molecule has 0 radical (unpaired) electrons. The Hall–Kier alpha value is -2.56. The van der Waals surface area contributed by atoms with Gasteiger partial charge in [0, 0.05) is 18.0 Å². The number of nitrogens with zero attached hydrogens (tertiary/aromatic N) is 1. The van der Waals surface area contributed by atoms with Crippen molar-refractivity contribution in [1.82, 2.24) is 10.3 Å². The van der Waals surface area contributed by atoms with Crippen LogP contribution >= 0.6 is 0 Å². The molecule has 102 valence electrons. The van der Waals surface area contributed by atoms with E-state index >= 15 is 0 Å². The lowest BCUT2D eigenvalue weighted by Crippen LogP contribution is -2.26. The largest absolute Gasteiger partial charge is 0.454 e. The molecule has 2 aromatic rings. The van der Waals surface area contributed by atoms with E-state index in [4.69, 9.17) is 9.47 Å². The zero-order valence-corrected chi connectivity index (χ0v) is 11.0. The zero-order chi connectivity index (χ0) is 13.9. The first kappa shape index (κ1) is 12.5. The number of rotatable bonds is 3. The standard InChI is InChI=1S/C15H14N2O3/c1-10(12-3-2-6-16-8-12)17-15(18)11-4-5-13-14(7-11)20-9-19-13/h2-8,10H,9H2,1H3,(H,17,18). The van der Waals surface area contributed by atoms with Crippen LogP contribution in [0.1, 0.15) is 28.9 Å². The molecule has 0 bridgehead atoms. The van der Waals surface area contributed by atoms with Gasteiger partial charge in [-0.05, 0) is 36.8 Å². The highest BCUT2D eigenvalue weighted by atomic mass is 16.7. The summed E-state index contributed by atoms with van der Waals surface area (Å²) in [6.07, 6.45) is 3.44. The fourth-order valence-electron chi connectivity index (χ4n) is 2.03. The summed E-state index contributed by atoms with van der Waals surface area (Å²) in [6, 6.07) is 8.82. The van der Waals surface area contributed by atoms with Crippen molar-refractivity contribution in [3.63, 3.8) is 0 Å². The molecular formula is C15H14N2O3. The van der Waals surface area contributed by atoms with Crippen molar-refractivity contribution in [2.75, 3.05) is 6.79 Å². The third kappa shape index (κ3) is 2.42. The van der Waals surface area contributed by atoms with Crippen LogP contribution in [0.5, 0.6) is 11.5 Å². The van der Waals surface area contributed by atoms with Crippen molar-refractivity contribution >= 4 is 5.91 Å². The number of amides is 1. The van der Waals surface area contributed by atoms with Crippen LogP contribution in [0.25, 0.3) is 0 Å². The van der Waals surface area contributed by atoms with E-state index in [1.165, 1.54) is 0 Å². The molecule has 2 heterocycles. The smallest absolute Gasteiger partial charge is 0.251 e. The molecule has 1 amide bonds. The molecule has 1 aliphatic rings. The van der Waals surface area contributed by atoms with Gasteiger partial charge in [0.05, 0.1) is 6.04 Å². The summed E-state index contributed by atoms with van der Waals surface area (Å²) < 4.78 is 10.5. The second-order valence-corrected chi connectivity index (χ2v) is 4.55. The number of carbonyl (C=O) groups excluding carboxylic acids is 1. The van der Waals surface area contributed by atoms with Gasteiger partial charge in [-0.2, -0.15) is 0 Å². The fourth-order valence-corrected chi connectivity index (χ4v) is 2.03. The Balaban J connectivity index is 1.73. The summed E-state index contributed by atoms with van der Waals surface area (Å²) >= 11 is 0. The lowest BCUT2D eigenvalue weighted by Gasteiger charge is -2.14. The van der Waals surface area contributed by atoms with Crippen LogP contribution in [0.3, 0.4) is 0 Å². The highest BCUT2D eigenvalue weighted by Crippen LogP contribution is 2.32. The van der Waals surface area contributed by atoms with E-state index in [2.05, 4.69) is 10.3 Å². The Bertz CT molecular complexity index is 628. The van der Waals surface area contributed by atoms with Gasteiger partial charge >= 0.3 is 0 Å². The molecule has 1 unspecified atom stereocenters. The lowest BCUT2D eigenvalue weighted by atomic mass is 10.1. The Morgan fingerprint density at radius 2 is 2.15 bits per heavy atom. The molecule has 0 saturated heterocycles. The van der Waals surface area contributed by atoms with Crippen LogP contribution in [-0.4, -0.2) is 17.7 Å². The van der Waals surface area contributed by atoms with Crippen molar-refractivity contribution in [2.24, 2.45) is 0 Å². The van der Waals surface area contributed by atoms with E-state index in [1.807, 2.05) is 19.1 Å². The van der Waals surface area contributed by atoms with Gasteiger partial charge in [0.2, 0.25) is 6.79 Å². The first-order valence-electron chi connectivity index (χ1n) is 6.34. The highest BCUT2D eigenvalue weighted by molar-refractivity contribution is 5.95. The molecule has 3 rings (SSSR count). The van der Waals surface area contributed by atoms with Gasteiger partial charge in [-0.15, -0.1) is 0 Å². The van der Waals surface area contributed by atoms with Crippen molar-refractivity contribution in [3.05, 3.63) is 53.9 Å². The predicted molar refractivity (Wildman–Crippen MR) is 72.7 cm³/mol. The second kappa shape index (κ2) is 5.21. The first-order chi connectivity index (χ1) is 9.74. The van der Waals surface area contributed by atoms with Crippen molar-refractivity contribution in [3.8, 4) is 11.5 Å². The van der Waals surface area contributed by atoms with E-state index in [0.717, 1.165) is 5.56 Å². The minimum absolute atomic E-state index is 0.110. The van der Waals surface area contributed by atoms with Crippen LogP contribution in [0, 0.1) is 0 Å². The predicted octanol–water partition coefficient (Wildman–Crippen LogP) is 2.30. The Kier molecular flexibility index (Phi) is 3.25. The molecule has 0 spiro atoms. The Morgan fingerprint density at radius 1 is 1.30 bits per heavy atom. The number of nitrogens with one attached hydrogen (secondary N) is 1. The van der Waals surface area contributed by atoms with Crippen molar-refractivity contribution < 1.29 is 14.3 Å². The maximum absolute atomic E-state index is 12.2. The number of carbonyl (C=O) groups is 1. The van der Waals surface area contributed by atoms with Gasteiger partial charge in [0.25, 0.3) is 5.91 Å². The number of pyridine rings is 1. The van der Waals surface area contributed by atoms with Gasteiger partial charge in [-0.25, -0.2) is 0 Å². The maximum Gasteiger partial charge on any atom is 0.251 e. The average molecular weight is 270 g/mol. The molecule has 5 nitrogen and oxygen atoms in total. The van der Waals surface area contributed by atoms with E-state index in [0.29, 0.717) is 17.1 Å². The zero-order valence-electron chi connectivity index (χ0n) is 11.0. The normalized spacial score (nSPS) is 13.8. The molecule has 1 N–H and O–H groups in total. The summed E-state index contributed by atoms with van der Waals surface area (Å²) in [5.74, 6) is 1.12. The molecule has 1 aromatic heterocycles. The van der Waals surface area contributed by atoms with Crippen LogP contribution in [-0.2, 0) is 0 Å². The third-order valence-electron chi connectivity index (χ3n) is 3.17. The Morgan fingerprint density at radius 3 is 2.95 bits per heavy atom. The number of fused-ring (bicyclic) bond motifs is 1. The van der Waals surface area contributed by atoms with E-state index in [9.17, 15) is 4.79 Å². The quantitative estimate of drug-likeness (QED) is 0.929. The van der Waals surface area contributed by atoms with E-state index in [-0.39, 0.29) is 18.7 Å². The summed E-state index contributed by atoms with van der Waals surface area (Å²) in [4.78, 5) is 16.2. The van der Waals surface area contributed by atoms with Gasteiger partial charge in [0.15, 0.2) is 11.5 Å². The van der Waals surface area contributed by atoms with Crippen LogP contribution in [0.15, 0.2) is 42.7 Å². The number of benzene rings is 1.